The maximum Gasteiger partial charge on any atom is 0.191 e. The fraction of sp³-hybridized carbons (Fsp3) is 0.917. The molecule has 0 bridgehead atoms. The molecule has 0 radical (unpaired) electrons. The molecule has 5 nitrogen and oxygen atoms in total. The van der Waals surface area contributed by atoms with Crippen molar-refractivity contribution in [2.75, 3.05) is 65.0 Å². The van der Waals surface area contributed by atoms with E-state index in [1.54, 1.807) is 0 Å². The minimum Gasteiger partial charge on any atom is -0.379 e. The summed E-state index contributed by atoms with van der Waals surface area (Å²) in [7, 11) is 1.82. The number of nitrogens with zero attached hydrogens (tertiary/aromatic N) is 2. The van der Waals surface area contributed by atoms with Gasteiger partial charge in [0.05, 0.1) is 13.2 Å². The van der Waals surface area contributed by atoms with E-state index in [0.29, 0.717) is 0 Å². The van der Waals surface area contributed by atoms with E-state index in [9.17, 15) is 0 Å². The maximum atomic E-state index is 5.32. The van der Waals surface area contributed by atoms with Crippen molar-refractivity contribution in [3.05, 3.63) is 0 Å². The molecule has 18 heavy (non-hydrogen) atoms. The SMILES string of the molecule is CN=C(NCCCSC)NCCN1CCOCC1. The predicted octanol–water partition coefficient (Wildman–Crippen LogP) is 0.237. The average molecular weight is 274 g/mol. The zero-order valence-electron chi connectivity index (χ0n) is 11.6. The third kappa shape index (κ3) is 7.08. The van der Waals surface area contributed by atoms with Gasteiger partial charge >= 0.3 is 0 Å². The average Bonchev–Trinajstić information content (AvgIpc) is 2.42. The monoisotopic (exact) mass is 274 g/mol. The molecule has 0 saturated carbocycles. The van der Waals surface area contributed by atoms with Crippen LogP contribution in [-0.2, 0) is 4.74 Å². The molecule has 0 spiro atoms. The van der Waals surface area contributed by atoms with Gasteiger partial charge in [-0.2, -0.15) is 11.8 Å². The minimum atomic E-state index is 0.863. The zero-order chi connectivity index (χ0) is 13.1. The summed E-state index contributed by atoms with van der Waals surface area (Å²) in [6.45, 7) is 6.78. The van der Waals surface area contributed by atoms with Crippen LogP contribution in [0.2, 0.25) is 0 Å². The molecule has 0 aromatic rings. The normalized spacial score (nSPS) is 17.8. The molecule has 1 aliphatic rings. The molecule has 0 aliphatic carbocycles. The van der Waals surface area contributed by atoms with Crippen molar-refractivity contribution in [2.24, 2.45) is 4.99 Å². The summed E-state index contributed by atoms with van der Waals surface area (Å²) in [5.74, 6) is 2.10. The van der Waals surface area contributed by atoms with Gasteiger partial charge in [0.2, 0.25) is 0 Å². The van der Waals surface area contributed by atoms with Crippen LogP contribution in [0, 0.1) is 0 Å². The van der Waals surface area contributed by atoms with Gasteiger partial charge in [0, 0.05) is 39.8 Å². The number of hydrogen-bond acceptors (Lipinski definition) is 4. The molecule has 1 fully saturated rings. The van der Waals surface area contributed by atoms with E-state index in [0.717, 1.165) is 51.9 Å². The fourth-order valence-corrected chi connectivity index (χ4v) is 2.23. The van der Waals surface area contributed by atoms with Crippen molar-refractivity contribution >= 4 is 17.7 Å². The van der Waals surface area contributed by atoms with E-state index in [2.05, 4.69) is 26.8 Å². The summed E-state index contributed by atoms with van der Waals surface area (Å²) in [5, 5.41) is 6.67. The smallest absolute Gasteiger partial charge is 0.191 e. The van der Waals surface area contributed by atoms with Crippen LogP contribution in [-0.4, -0.2) is 75.9 Å². The molecule has 0 unspecified atom stereocenters. The highest BCUT2D eigenvalue weighted by Crippen LogP contribution is 1.95. The molecule has 106 valence electrons. The Labute approximate surface area is 115 Å². The summed E-state index contributed by atoms with van der Waals surface area (Å²) >= 11 is 1.88. The highest BCUT2D eigenvalue weighted by molar-refractivity contribution is 7.98. The molecule has 0 amide bonds. The molecule has 0 aromatic carbocycles. The number of thioether (sulfide) groups is 1. The van der Waals surface area contributed by atoms with Gasteiger partial charge in [0.15, 0.2) is 5.96 Å². The van der Waals surface area contributed by atoms with Crippen molar-refractivity contribution in [1.29, 1.82) is 0 Å². The molecule has 1 aliphatic heterocycles. The van der Waals surface area contributed by atoms with Gasteiger partial charge in [0.1, 0.15) is 0 Å². The van der Waals surface area contributed by atoms with Crippen LogP contribution >= 0.6 is 11.8 Å². The van der Waals surface area contributed by atoms with Gasteiger partial charge < -0.3 is 15.4 Å². The minimum absolute atomic E-state index is 0.863. The lowest BCUT2D eigenvalue weighted by molar-refractivity contribution is 0.0389. The third-order valence-electron chi connectivity index (χ3n) is 2.87. The number of rotatable bonds is 7. The van der Waals surface area contributed by atoms with E-state index >= 15 is 0 Å². The summed E-state index contributed by atoms with van der Waals surface area (Å²) in [6, 6.07) is 0. The number of nitrogens with one attached hydrogen (secondary N) is 2. The Morgan fingerprint density at radius 2 is 2.00 bits per heavy atom. The van der Waals surface area contributed by atoms with E-state index in [-0.39, 0.29) is 0 Å². The topological polar surface area (TPSA) is 48.9 Å². The van der Waals surface area contributed by atoms with Gasteiger partial charge in [-0.25, -0.2) is 0 Å². The Morgan fingerprint density at radius 1 is 1.28 bits per heavy atom. The fourth-order valence-electron chi connectivity index (χ4n) is 1.80. The molecular weight excluding hydrogens is 248 g/mol. The lowest BCUT2D eigenvalue weighted by atomic mass is 10.4. The van der Waals surface area contributed by atoms with Crippen LogP contribution in [0.4, 0.5) is 0 Å². The van der Waals surface area contributed by atoms with Gasteiger partial charge in [-0.3, -0.25) is 9.89 Å². The van der Waals surface area contributed by atoms with Gasteiger partial charge in [-0.05, 0) is 18.4 Å². The predicted molar refractivity (Wildman–Crippen MR) is 79.6 cm³/mol. The lowest BCUT2D eigenvalue weighted by Crippen LogP contribution is -2.44. The quantitative estimate of drug-likeness (QED) is 0.396. The largest absolute Gasteiger partial charge is 0.379 e. The van der Waals surface area contributed by atoms with Crippen LogP contribution < -0.4 is 10.6 Å². The Morgan fingerprint density at radius 3 is 2.67 bits per heavy atom. The Balaban J connectivity index is 2.04. The van der Waals surface area contributed by atoms with E-state index in [1.165, 1.54) is 12.2 Å². The van der Waals surface area contributed by atoms with Gasteiger partial charge in [-0.15, -0.1) is 0 Å². The summed E-state index contributed by atoms with van der Waals surface area (Å²) in [4.78, 5) is 6.63. The molecule has 1 rings (SSSR count). The molecular formula is C12H26N4OS. The standard InChI is InChI=1S/C12H26N4OS/c1-13-12(14-4-3-11-18-2)15-5-6-16-7-9-17-10-8-16/h3-11H2,1-2H3,(H2,13,14,15). The van der Waals surface area contributed by atoms with Crippen molar-refractivity contribution in [2.45, 2.75) is 6.42 Å². The van der Waals surface area contributed by atoms with Gasteiger partial charge in [-0.1, -0.05) is 0 Å². The third-order valence-corrected chi connectivity index (χ3v) is 3.56. The second-order valence-corrected chi connectivity index (χ2v) is 5.21. The summed E-state index contributed by atoms with van der Waals surface area (Å²) < 4.78 is 5.32. The van der Waals surface area contributed by atoms with Gasteiger partial charge in [0.25, 0.3) is 0 Å². The second kappa shape index (κ2) is 10.5. The van der Waals surface area contributed by atoms with Crippen molar-refractivity contribution in [3.63, 3.8) is 0 Å². The number of aliphatic imine (C=N–C) groups is 1. The van der Waals surface area contributed by atoms with Crippen LogP contribution in [0.15, 0.2) is 4.99 Å². The zero-order valence-corrected chi connectivity index (χ0v) is 12.4. The van der Waals surface area contributed by atoms with E-state index in [1.807, 2.05) is 18.8 Å². The molecule has 0 aromatic heterocycles. The Kier molecular flexibility index (Phi) is 9.06. The van der Waals surface area contributed by atoms with Crippen molar-refractivity contribution < 1.29 is 4.74 Å². The molecule has 1 saturated heterocycles. The number of ether oxygens (including phenoxy) is 1. The molecule has 0 atom stereocenters. The first-order valence-corrected chi connectivity index (χ1v) is 7.99. The molecule has 2 N–H and O–H groups in total. The van der Waals surface area contributed by atoms with Crippen molar-refractivity contribution in [3.8, 4) is 0 Å². The Hall–Kier alpha value is -0.460. The molecule has 1 heterocycles. The van der Waals surface area contributed by atoms with E-state index in [4.69, 9.17) is 4.74 Å². The van der Waals surface area contributed by atoms with Crippen LogP contribution in [0.25, 0.3) is 0 Å². The first kappa shape index (κ1) is 15.6. The second-order valence-electron chi connectivity index (χ2n) is 4.23. The highest BCUT2D eigenvalue weighted by Gasteiger charge is 2.09. The van der Waals surface area contributed by atoms with Crippen LogP contribution in [0.3, 0.4) is 0 Å². The number of morpholine rings is 1. The summed E-state index contributed by atoms with van der Waals surface area (Å²) in [6.07, 6.45) is 3.31. The van der Waals surface area contributed by atoms with Crippen molar-refractivity contribution in [1.82, 2.24) is 15.5 Å². The highest BCUT2D eigenvalue weighted by atomic mass is 32.2. The van der Waals surface area contributed by atoms with Crippen LogP contribution in [0.5, 0.6) is 0 Å². The first-order chi connectivity index (χ1) is 8.86. The van der Waals surface area contributed by atoms with Crippen LogP contribution in [0.1, 0.15) is 6.42 Å². The number of guanidine groups is 1. The molecule has 6 heteroatoms. The maximum absolute atomic E-state index is 5.32. The Bertz CT molecular complexity index is 232. The lowest BCUT2D eigenvalue weighted by Gasteiger charge is -2.26. The van der Waals surface area contributed by atoms with E-state index < -0.39 is 0 Å². The number of hydrogen-bond donors (Lipinski definition) is 2. The first-order valence-electron chi connectivity index (χ1n) is 6.60. The summed E-state index contributed by atoms with van der Waals surface area (Å²) in [5.41, 5.74) is 0.